The summed E-state index contributed by atoms with van der Waals surface area (Å²) in [5.74, 6) is -0.965. The molecule has 32 heavy (non-hydrogen) atoms. The van der Waals surface area contributed by atoms with Gasteiger partial charge in [0.2, 0.25) is 11.8 Å². The number of carbonyl (C=O) groups excluding carboxylic acids is 3. The molecule has 1 aliphatic heterocycles. The van der Waals surface area contributed by atoms with E-state index < -0.39 is 5.92 Å². The number of carbonyl (C=O) groups is 3. The highest BCUT2D eigenvalue weighted by atomic mass is 32.1. The predicted molar refractivity (Wildman–Crippen MR) is 125 cm³/mol. The lowest BCUT2D eigenvalue weighted by atomic mass is 9.95. The molecule has 1 N–H and O–H groups in total. The number of nitrogens with one attached hydrogen (secondary N) is 1. The molecule has 1 saturated heterocycles. The third-order valence-electron chi connectivity index (χ3n) is 6.26. The third kappa shape index (κ3) is 4.88. The molecular formula is C25H30N2O4S. The number of nitrogens with zero attached hydrogens (tertiary/aromatic N) is 1. The predicted octanol–water partition coefficient (Wildman–Crippen LogP) is 4.14. The number of benzene rings is 1. The van der Waals surface area contributed by atoms with E-state index in [-0.39, 0.29) is 24.2 Å². The van der Waals surface area contributed by atoms with Crippen LogP contribution in [0.4, 0.5) is 5.00 Å². The van der Waals surface area contributed by atoms with E-state index >= 15 is 0 Å². The Morgan fingerprint density at radius 1 is 1.19 bits per heavy atom. The summed E-state index contributed by atoms with van der Waals surface area (Å²) in [5.41, 5.74) is 3.93. The molecule has 0 spiro atoms. The van der Waals surface area contributed by atoms with Gasteiger partial charge in [0, 0.05) is 24.4 Å². The summed E-state index contributed by atoms with van der Waals surface area (Å²) >= 11 is 1.48. The zero-order valence-corrected chi connectivity index (χ0v) is 19.6. The SMILES string of the molecule is CCOC(=O)c1c(NC(=O)C2CC(=O)N(CCc3ccc(C)cc3)C2)sc2c1CCCC2. The monoisotopic (exact) mass is 454 g/mol. The number of ether oxygens (including phenoxy) is 1. The molecule has 2 heterocycles. The largest absolute Gasteiger partial charge is 0.462 e. The van der Waals surface area contributed by atoms with Gasteiger partial charge in [-0.25, -0.2) is 4.79 Å². The van der Waals surface area contributed by atoms with Crippen molar-refractivity contribution >= 4 is 34.1 Å². The number of hydrogen-bond donors (Lipinski definition) is 1. The fourth-order valence-corrected chi connectivity index (χ4v) is 5.75. The summed E-state index contributed by atoms with van der Waals surface area (Å²) in [6.45, 7) is 5.14. The standard InChI is InChI=1S/C25H30N2O4S/c1-3-31-25(30)22-19-6-4-5-7-20(19)32-24(22)26-23(29)18-14-21(28)27(15-18)13-12-17-10-8-16(2)9-11-17/h8-11,18H,3-7,12-15H2,1-2H3,(H,26,29). The maximum absolute atomic E-state index is 13.0. The van der Waals surface area contributed by atoms with Crippen LogP contribution in [0, 0.1) is 12.8 Å². The van der Waals surface area contributed by atoms with Crippen molar-refractivity contribution < 1.29 is 19.1 Å². The van der Waals surface area contributed by atoms with Gasteiger partial charge in [0.05, 0.1) is 18.1 Å². The van der Waals surface area contributed by atoms with Crippen LogP contribution in [0.3, 0.4) is 0 Å². The lowest BCUT2D eigenvalue weighted by Gasteiger charge is -2.17. The Kier molecular flexibility index (Phi) is 6.94. The highest BCUT2D eigenvalue weighted by Gasteiger charge is 2.35. The Morgan fingerprint density at radius 2 is 1.94 bits per heavy atom. The Hall–Kier alpha value is -2.67. The summed E-state index contributed by atoms with van der Waals surface area (Å²) in [5, 5.41) is 3.54. The van der Waals surface area contributed by atoms with Crippen LogP contribution in [0.1, 0.15) is 58.1 Å². The van der Waals surface area contributed by atoms with Crippen LogP contribution in [-0.2, 0) is 33.6 Å². The number of amides is 2. The average molecular weight is 455 g/mol. The van der Waals surface area contributed by atoms with E-state index in [2.05, 4.69) is 29.6 Å². The molecule has 2 aromatic rings. The molecule has 1 aliphatic carbocycles. The maximum Gasteiger partial charge on any atom is 0.341 e. The van der Waals surface area contributed by atoms with Crippen molar-refractivity contribution in [3.8, 4) is 0 Å². The highest BCUT2D eigenvalue weighted by Crippen LogP contribution is 2.39. The van der Waals surface area contributed by atoms with Crippen molar-refractivity contribution in [3.05, 3.63) is 51.4 Å². The molecule has 1 atom stereocenters. The minimum Gasteiger partial charge on any atom is -0.462 e. The van der Waals surface area contributed by atoms with Gasteiger partial charge in [0.25, 0.3) is 0 Å². The van der Waals surface area contributed by atoms with E-state index in [9.17, 15) is 14.4 Å². The van der Waals surface area contributed by atoms with E-state index in [1.807, 2.05) is 6.92 Å². The first-order valence-corrected chi connectivity index (χ1v) is 12.2. The van der Waals surface area contributed by atoms with Gasteiger partial charge in [0.1, 0.15) is 5.00 Å². The number of esters is 1. The second kappa shape index (κ2) is 9.86. The van der Waals surface area contributed by atoms with Gasteiger partial charge < -0.3 is 15.0 Å². The van der Waals surface area contributed by atoms with Crippen molar-refractivity contribution in [2.45, 2.75) is 52.4 Å². The molecule has 0 saturated carbocycles. The molecule has 1 unspecified atom stereocenters. The molecule has 6 nitrogen and oxygen atoms in total. The van der Waals surface area contributed by atoms with Crippen molar-refractivity contribution in [2.24, 2.45) is 5.92 Å². The Balaban J connectivity index is 1.42. The second-order valence-electron chi connectivity index (χ2n) is 8.60. The van der Waals surface area contributed by atoms with Gasteiger partial charge in [-0.1, -0.05) is 29.8 Å². The molecule has 1 aromatic carbocycles. The number of anilines is 1. The Morgan fingerprint density at radius 3 is 2.69 bits per heavy atom. The molecular weight excluding hydrogens is 424 g/mol. The average Bonchev–Trinajstić information content (AvgIpc) is 3.33. The molecule has 4 rings (SSSR count). The van der Waals surface area contributed by atoms with Crippen LogP contribution in [0.5, 0.6) is 0 Å². The molecule has 0 bridgehead atoms. The van der Waals surface area contributed by atoms with Crippen LogP contribution >= 0.6 is 11.3 Å². The summed E-state index contributed by atoms with van der Waals surface area (Å²) in [4.78, 5) is 41.1. The number of rotatable bonds is 7. The minimum absolute atomic E-state index is 0.00773. The smallest absolute Gasteiger partial charge is 0.341 e. The maximum atomic E-state index is 13.0. The molecule has 1 aromatic heterocycles. The van der Waals surface area contributed by atoms with E-state index in [4.69, 9.17) is 4.74 Å². The van der Waals surface area contributed by atoms with Crippen LogP contribution < -0.4 is 5.32 Å². The Bertz CT molecular complexity index is 1010. The van der Waals surface area contributed by atoms with Gasteiger partial charge in [-0.15, -0.1) is 11.3 Å². The fourth-order valence-electron chi connectivity index (χ4n) is 4.47. The highest BCUT2D eigenvalue weighted by molar-refractivity contribution is 7.17. The van der Waals surface area contributed by atoms with Crippen LogP contribution in [0.2, 0.25) is 0 Å². The van der Waals surface area contributed by atoms with Crippen molar-refractivity contribution in [1.82, 2.24) is 4.90 Å². The van der Waals surface area contributed by atoms with Crippen LogP contribution in [0.15, 0.2) is 24.3 Å². The zero-order valence-electron chi connectivity index (χ0n) is 18.7. The van der Waals surface area contributed by atoms with E-state index in [1.165, 1.54) is 22.5 Å². The van der Waals surface area contributed by atoms with Gasteiger partial charge in [-0.3, -0.25) is 9.59 Å². The van der Waals surface area contributed by atoms with Gasteiger partial charge >= 0.3 is 5.97 Å². The summed E-state index contributed by atoms with van der Waals surface area (Å²) in [6, 6.07) is 8.30. The lowest BCUT2D eigenvalue weighted by molar-refractivity contribution is -0.128. The van der Waals surface area contributed by atoms with Crippen molar-refractivity contribution in [3.63, 3.8) is 0 Å². The fraction of sp³-hybridized carbons (Fsp3) is 0.480. The first-order chi connectivity index (χ1) is 15.5. The first kappa shape index (κ1) is 22.5. The number of aryl methyl sites for hydroxylation is 2. The van der Waals surface area contributed by atoms with Crippen molar-refractivity contribution in [1.29, 1.82) is 0 Å². The molecule has 2 amide bonds. The van der Waals surface area contributed by atoms with Crippen LogP contribution in [-0.4, -0.2) is 42.4 Å². The number of fused-ring (bicyclic) bond motifs is 1. The molecule has 170 valence electrons. The second-order valence-corrected chi connectivity index (χ2v) is 9.71. The molecule has 2 aliphatic rings. The Labute approximate surface area is 192 Å². The number of likely N-dealkylation sites (tertiary alicyclic amines) is 1. The molecule has 1 fully saturated rings. The first-order valence-electron chi connectivity index (χ1n) is 11.4. The summed E-state index contributed by atoms with van der Waals surface area (Å²) < 4.78 is 5.27. The van der Waals surface area contributed by atoms with Crippen molar-refractivity contribution in [2.75, 3.05) is 25.0 Å². The van der Waals surface area contributed by atoms with Gasteiger partial charge in [-0.05, 0) is 57.1 Å². The van der Waals surface area contributed by atoms with Crippen LogP contribution in [0.25, 0.3) is 0 Å². The third-order valence-corrected chi connectivity index (χ3v) is 7.47. The molecule has 7 heteroatoms. The topological polar surface area (TPSA) is 75.7 Å². The summed E-state index contributed by atoms with van der Waals surface area (Å²) in [7, 11) is 0. The normalized spacial score (nSPS) is 17.9. The number of thiophene rings is 1. The summed E-state index contributed by atoms with van der Waals surface area (Å²) in [6.07, 6.45) is 4.87. The zero-order chi connectivity index (χ0) is 22.7. The van der Waals surface area contributed by atoms with E-state index in [0.29, 0.717) is 30.3 Å². The van der Waals surface area contributed by atoms with E-state index in [0.717, 1.165) is 42.5 Å². The lowest BCUT2D eigenvalue weighted by Crippen LogP contribution is -2.30. The van der Waals surface area contributed by atoms with Gasteiger partial charge in [-0.2, -0.15) is 0 Å². The number of hydrogen-bond acceptors (Lipinski definition) is 5. The molecule has 0 radical (unpaired) electrons. The van der Waals surface area contributed by atoms with Gasteiger partial charge in [0.15, 0.2) is 0 Å². The van der Waals surface area contributed by atoms with E-state index in [1.54, 1.807) is 11.8 Å². The quantitative estimate of drug-likeness (QED) is 0.638. The minimum atomic E-state index is -0.408.